The molecule has 0 aliphatic carbocycles. The third-order valence-corrected chi connectivity index (χ3v) is 3.05. The van der Waals surface area contributed by atoms with E-state index in [0.717, 1.165) is 16.6 Å². The van der Waals surface area contributed by atoms with E-state index in [0.29, 0.717) is 0 Å². The fourth-order valence-electron chi connectivity index (χ4n) is 1.42. The summed E-state index contributed by atoms with van der Waals surface area (Å²) < 4.78 is 1.14. The molecule has 0 amide bonds. The zero-order valence-corrected chi connectivity index (χ0v) is 10.5. The van der Waals surface area contributed by atoms with E-state index in [1.807, 2.05) is 42.6 Å². The molecule has 16 heavy (non-hydrogen) atoms. The molecule has 0 saturated heterocycles. The van der Waals surface area contributed by atoms with Crippen molar-refractivity contribution in [1.29, 1.82) is 0 Å². The Balaban J connectivity index is 2.03. The van der Waals surface area contributed by atoms with Crippen LogP contribution in [0, 0.1) is 0 Å². The summed E-state index contributed by atoms with van der Waals surface area (Å²) in [6, 6.07) is 18.4. The van der Waals surface area contributed by atoms with Crippen LogP contribution in [0.2, 0.25) is 0 Å². The number of hydrogen-bond acceptors (Lipinski definition) is 1. The van der Waals surface area contributed by atoms with Crippen LogP contribution < -0.4 is 4.46 Å². The molecule has 0 radical (unpaired) electrons. The van der Waals surface area contributed by atoms with Gasteiger partial charge in [-0.3, -0.25) is 0 Å². The molecule has 0 unspecified atom stereocenters. The number of rotatable bonds is 3. The van der Waals surface area contributed by atoms with Crippen LogP contribution in [0.1, 0.15) is 11.1 Å². The molecule has 0 N–H and O–H groups in total. The van der Waals surface area contributed by atoms with Crippen molar-refractivity contribution < 1.29 is 0 Å². The second-order valence-electron chi connectivity index (χ2n) is 3.49. The Hall–Kier alpha value is -1.37. The van der Waals surface area contributed by atoms with Crippen LogP contribution in [0.15, 0.2) is 59.6 Å². The van der Waals surface area contributed by atoms with Gasteiger partial charge in [0, 0.05) is 0 Å². The Morgan fingerprint density at radius 1 is 0.938 bits per heavy atom. The first-order valence-corrected chi connectivity index (χ1v) is 6.02. The van der Waals surface area contributed by atoms with Crippen LogP contribution in [0.3, 0.4) is 0 Å². The zero-order valence-electron chi connectivity index (χ0n) is 8.84. The van der Waals surface area contributed by atoms with Gasteiger partial charge in [0.05, 0.1) is 0 Å². The summed E-state index contributed by atoms with van der Waals surface area (Å²) in [4.78, 5) is 4.43. The molecule has 0 aromatic heterocycles. The molecule has 0 aliphatic rings. The van der Waals surface area contributed by atoms with E-state index in [9.17, 15) is 0 Å². The Bertz CT molecular complexity index is 477. The molecule has 1 nitrogen and oxygen atoms in total. The van der Waals surface area contributed by atoms with Gasteiger partial charge in [0.2, 0.25) is 0 Å². The number of aliphatic imine (C=N–C) groups is 1. The van der Waals surface area contributed by atoms with E-state index in [1.54, 1.807) is 0 Å². The second-order valence-corrected chi connectivity index (χ2v) is 4.42. The summed E-state index contributed by atoms with van der Waals surface area (Å²) in [5.41, 5.74) is 2.37. The molecule has 0 spiro atoms. The fraction of sp³-hybridized carbons (Fsp3) is 0.0714. The molecule has 2 aromatic rings. The van der Waals surface area contributed by atoms with Gasteiger partial charge in [-0.2, -0.15) is 0 Å². The van der Waals surface area contributed by atoms with E-state index < -0.39 is 0 Å². The van der Waals surface area contributed by atoms with Crippen molar-refractivity contribution in [2.24, 2.45) is 4.99 Å². The summed E-state index contributed by atoms with van der Waals surface area (Å²) in [5.74, 6) is 0. The maximum absolute atomic E-state index is 4.43. The summed E-state index contributed by atoms with van der Waals surface area (Å²) in [5, 5.41) is 0. The van der Waals surface area contributed by atoms with Crippen molar-refractivity contribution in [1.82, 2.24) is 0 Å². The van der Waals surface area contributed by atoms with Crippen LogP contribution in [-0.2, 0) is 6.54 Å². The first-order chi connectivity index (χ1) is 7.86. The van der Waals surface area contributed by atoms with E-state index in [4.69, 9.17) is 0 Å². The van der Waals surface area contributed by atoms with Gasteiger partial charge in [0.25, 0.3) is 0 Å². The Kier molecular flexibility index (Phi) is 3.92. The summed E-state index contributed by atoms with van der Waals surface area (Å²) >= 11 is 3.03. The molecule has 0 heterocycles. The van der Waals surface area contributed by atoms with Crippen LogP contribution >= 0.6 is 0 Å². The maximum atomic E-state index is 4.43. The zero-order chi connectivity index (χ0) is 11.2. The predicted molar refractivity (Wildman–Crippen MR) is 69.6 cm³/mol. The third-order valence-electron chi connectivity index (χ3n) is 2.27. The molecule has 2 aromatic carbocycles. The van der Waals surface area contributed by atoms with Gasteiger partial charge in [-0.1, -0.05) is 0 Å². The third kappa shape index (κ3) is 3.06. The van der Waals surface area contributed by atoms with Gasteiger partial charge < -0.3 is 0 Å². The second kappa shape index (κ2) is 5.64. The summed E-state index contributed by atoms with van der Waals surface area (Å²) in [6.45, 7) is 0.731. The molecule has 0 aliphatic heterocycles. The SMILES string of the molecule is [Se-]c1ccccc1C=NCc1ccccc1. The van der Waals surface area contributed by atoms with Crippen LogP contribution in [0.25, 0.3) is 0 Å². The number of hydrogen-bond donors (Lipinski definition) is 0. The van der Waals surface area contributed by atoms with Gasteiger partial charge in [0.15, 0.2) is 0 Å². The predicted octanol–water partition coefficient (Wildman–Crippen LogP) is 2.10. The minimum atomic E-state index is 0.731. The average molecular weight is 273 g/mol. The van der Waals surface area contributed by atoms with Crippen molar-refractivity contribution in [2.75, 3.05) is 0 Å². The fourth-order valence-corrected chi connectivity index (χ4v) is 1.84. The van der Waals surface area contributed by atoms with Crippen molar-refractivity contribution >= 4 is 26.7 Å². The van der Waals surface area contributed by atoms with Crippen molar-refractivity contribution in [3.8, 4) is 0 Å². The van der Waals surface area contributed by atoms with Crippen molar-refractivity contribution in [3.05, 3.63) is 65.7 Å². The molecule has 0 atom stereocenters. The monoisotopic (exact) mass is 274 g/mol. The van der Waals surface area contributed by atoms with Crippen LogP contribution in [-0.4, -0.2) is 22.2 Å². The normalized spacial score (nSPS) is 10.8. The van der Waals surface area contributed by atoms with E-state index in [2.05, 4.69) is 39.2 Å². The topological polar surface area (TPSA) is 12.4 Å². The average Bonchev–Trinajstić information content (AvgIpc) is 2.33. The molecule has 2 rings (SSSR count). The van der Waals surface area contributed by atoms with Crippen LogP contribution in [0.5, 0.6) is 0 Å². The first-order valence-electron chi connectivity index (χ1n) is 5.16. The Morgan fingerprint density at radius 2 is 1.62 bits per heavy atom. The number of nitrogens with zero attached hydrogens (tertiary/aromatic N) is 1. The van der Waals surface area contributed by atoms with Gasteiger partial charge in [-0.05, 0) is 0 Å². The van der Waals surface area contributed by atoms with Gasteiger partial charge in [0.1, 0.15) is 0 Å². The van der Waals surface area contributed by atoms with Gasteiger partial charge in [-0.25, -0.2) is 0 Å². The van der Waals surface area contributed by atoms with Gasteiger partial charge in [-0.15, -0.1) is 0 Å². The molecular weight excluding hydrogens is 261 g/mol. The van der Waals surface area contributed by atoms with Gasteiger partial charge >= 0.3 is 104 Å². The Morgan fingerprint density at radius 3 is 2.38 bits per heavy atom. The van der Waals surface area contributed by atoms with E-state index in [-0.39, 0.29) is 0 Å². The first kappa shape index (κ1) is 11.1. The van der Waals surface area contributed by atoms with Crippen LogP contribution in [0.4, 0.5) is 0 Å². The quantitative estimate of drug-likeness (QED) is 0.600. The van der Waals surface area contributed by atoms with E-state index in [1.165, 1.54) is 5.56 Å². The summed E-state index contributed by atoms with van der Waals surface area (Å²) in [7, 11) is 0. The Labute approximate surface area is 104 Å². The van der Waals surface area contributed by atoms with E-state index >= 15 is 0 Å². The van der Waals surface area contributed by atoms with Crippen molar-refractivity contribution in [3.63, 3.8) is 0 Å². The molecule has 80 valence electrons. The molecule has 0 fully saturated rings. The minimum absolute atomic E-state index is 0.731. The standard InChI is InChI=1S/C14H13NSe/c16-14-9-5-4-8-13(14)11-15-10-12-6-2-1-3-7-12/h1-9,11,16H,10H2/p-1. The molecule has 0 saturated carbocycles. The molecular formula is C14H12NSe-. The molecule has 2 heteroatoms. The van der Waals surface area contributed by atoms with Crippen molar-refractivity contribution in [2.45, 2.75) is 6.54 Å². The summed E-state index contributed by atoms with van der Waals surface area (Å²) in [6.07, 6.45) is 1.92. The number of benzene rings is 2. The molecule has 0 bridgehead atoms.